The van der Waals surface area contributed by atoms with Gasteiger partial charge in [0.2, 0.25) is 5.91 Å². The highest BCUT2D eigenvalue weighted by atomic mass is 16.5. The molecule has 0 saturated carbocycles. The molecule has 0 aromatic heterocycles. The van der Waals surface area contributed by atoms with Gasteiger partial charge in [0.05, 0.1) is 13.0 Å². The highest BCUT2D eigenvalue weighted by Gasteiger charge is 2.12. The normalized spacial score (nSPS) is 12.3. The number of nitrogens with two attached hydrogens (primary N) is 1. The average Bonchev–Trinajstić information content (AvgIpc) is 2.42. The second-order valence-electron chi connectivity index (χ2n) is 5.93. The topological polar surface area (TPSA) is 64.3 Å². The Morgan fingerprint density at radius 2 is 2.05 bits per heavy atom. The van der Waals surface area contributed by atoms with Crippen LogP contribution in [0.3, 0.4) is 0 Å². The van der Waals surface area contributed by atoms with Gasteiger partial charge in [-0.3, -0.25) is 4.79 Å². The highest BCUT2D eigenvalue weighted by molar-refractivity contribution is 5.76. The minimum absolute atomic E-state index is 0.00333. The van der Waals surface area contributed by atoms with E-state index in [0.29, 0.717) is 25.5 Å². The minimum Gasteiger partial charge on any atom is -0.493 e. The third-order valence-electron chi connectivity index (χ3n) is 3.55. The maximum atomic E-state index is 11.9. The summed E-state index contributed by atoms with van der Waals surface area (Å²) < 4.78 is 5.69. The van der Waals surface area contributed by atoms with Gasteiger partial charge >= 0.3 is 0 Å². The average molecular weight is 292 g/mol. The highest BCUT2D eigenvalue weighted by Crippen LogP contribution is 2.20. The Morgan fingerprint density at radius 1 is 1.33 bits per heavy atom. The molecule has 0 bridgehead atoms. The van der Waals surface area contributed by atoms with Gasteiger partial charge in [-0.2, -0.15) is 0 Å². The van der Waals surface area contributed by atoms with Crippen LogP contribution in [0.5, 0.6) is 5.75 Å². The second kappa shape index (κ2) is 8.67. The molecule has 118 valence electrons. The van der Waals surface area contributed by atoms with Crippen LogP contribution in [-0.2, 0) is 4.79 Å². The number of ether oxygens (including phenoxy) is 1. The molecule has 0 aliphatic carbocycles. The number of hydrogen-bond donors (Lipinski definition) is 2. The number of carbonyl (C=O) groups excluding carboxylic acids is 1. The third-order valence-corrected chi connectivity index (χ3v) is 3.55. The van der Waals surface area contributed by atoms with E-state index < -0.39 is 0 Å². The van der Waals surface area contributed by atoms with E-state index in [-0.39, 0.29) is 11.9 Å². The van der Waals surface area contributed by atoms with Gasteiger partial charge in [-0.15, -0.1) is 0 Å². The van der Waals surface area contributed by atoms with Crippen LogP contribution in [0.4, 0.5) is 0 Å². The molecule has 1 rings (SSSR count). The van der Waals surface area contributed by atoms with E-state index in [1.807, 2.05) is 32.0 Å². The number of benzene rings is 1. The van der Waals surface area contributed by atoms with Crippen molar-refractivity contribution in [1.29, 1.82) is 0 Å². The van der Waals surface area contributed by atoms with Crippen LogP contribution in [0, 0.1) is 19.8 Å². The zero-order valence-corrected chi connectivity index (χ0v) is 13.6. The van der Waals surface area contributed by atoms with E-state index in [9.17, 15) is 4.79 Å². The van der Waals surface area contributed by atoms with E-state index in [2.05, 4.69) is 19.2 Å². The predicted molar refractivity (Wildman–Crippen MR) is 86.5 cm³/mol. The fraction of sp³-hybridized carbons (Fsp3) is 0.588. The predicted octanol–water partition coefficient (Wildman–Crippen LogP) is 2.56. The molecule has 0 heterocycles. The van der Waals surface area contributed by atoms with E-state index in [0.717, 1.165) is 17.7 Å². The Morgan fingerprint density at radius 3 is 2.67 bits per heavy atom. The second-order valence-corrected chi connectivity index (χ2v) is 5.93. The molecule has 1 aromatic carbocycles. The molecule has 1 unspecified atom stereocenters. The molecule has 3 N–H and O–H groups in total. The standard InChI is InChI=1S/C17H28N2O2/c1-12(2)10-15(11-18)19-17(20)8-9-21-16-7-5-6-13(3)14(16)4/h5-7,12,15H,8-11,18H2,1-4H3,(H,19,20). The quantitative estimate of drug-likeness (QED) is 0.774. The molecule has 0 aliphatic rings. The van der Waals surface area contributed by atoms with Gasteiger partial charge < -0.3 is 15.8 Å². The first kappa shape index (κ1) is 17.5. The number of hydrogen-bond acceptors (Lipinski definition) is 3. The maximum Gasteiger partial charge on any atom is 0.223 e. The fourth-order valence-electron chi connectivity index (χ4n) is 2.22. The van der Waals surface area contributed by atoms with Crippen molar-refractivity contribution in [3.8, 4) is 5.75 Å². The molecule has 1 amide bonds. The lowest BCUT2D eigenvalue weighted by atomic mass is 10.0. The van der Waals surface area contributed by atoms with Crippen molar-refractivity contribution in [1.82, 2.24) is 5.32 Å². The Kier molecular flexibility index (Phi) is 7.23. The number of amides is 1. The van der Waals surface area contributed by atoms with E-state index in [1.165, 1.54) is 5.56 Å². The molecule has 0 fully saturated rings. The fourth-order valence-corrected chi connectivity index (χ4v) is 2.22. The first-order valence-electron chi connectivity index (χ1n) is 7.62. The molecule has 0 saturated heterocycles. The van der Waals surface area contributed by atoms with Crippen molar-refractivity contribution in [3.63, 3.8) is 0 Å². The van der Waals surface area contributed by atoms with Gasteiger partial charge in [0.15, 0.2) is 0 Å². The molecule has 4 heteroatoms. The van der Waals surface area contributed by atoms with Crippen molar-refractivity contribution in [2.45, 2.75) is 46.6 Å². The lowest BCUT2D eigenvalue weighted by Crippen LogP contribution is -2.41. The van der Waals surface area contributed by atoms with Crippen LogP contribution in [0.2, 0.25) is 0 Å². The monoisotopic (exact) mass is 292 g/mol. The van der Waals surface area contributed by atoms with Gasteiger partial charge in [0.1, 0.15) is 5.75 Å². The zero-order valence-electron chi connectivity index (χ0n) is 13.6. The summed E-state index contributed by atoms with van der Waals surface area (Å²) >= 11 is 0. The Hall–Kier alpha value is -1.55. The number of rotatable bonds is 8. The molecular formula is C17H28N2O2. The van der Waals surface area contributed by atoms with Crippen LogP contribution in [0.15, 0.2) is 18.2 Å². The lowest BCUT2D eigenvalue weighted by molar-refractivity contribution is -0.122. The molecule has 4 nitrogen and oxygen atoms in total. The van der Waals surface area contributed by atoms with Crippen LogP contribution < -0.4 is 15.8 Å². The van der Waals surface area contributed by atoms with Gasteiger partial charge in [0, 0.05) is 12.6 Å². The summed E-state index contributed by atoms with van der Waals surface area (Å²) in [4.78, 5) is 11.9. The maximum absolute atomic E-state index is 11.9. The van der Waals surface area contributed by atoms with Gasteiger partial charge in [-0.25, -0.2) is 0 Å². The lowest BCUT2D eigenvalue weighted by Gasteiger charge is -2.19. The SMILES string of the molecule is Cc1cccc(OCCC(=O)NC(CN)CC(C)C)c1C. The largest absolute Gasteiger partial charge is 0.493 e. The number of aryl methyl sites for hydroxylation is 1. The molecule has 0 radical (unpaired) electrons. The summed E-state index contributed by atoms with van der Waals surface area (Å²) in [5.74, 6) is 1.36. The molecule has 1 aromatic rings. The summed E-state index contributed by atoms with van der Waals surface area (Å²) in [6.45, 7) is 9.18. The van der Waals surface area contributed by atoms with Crippen LogP contribution >= 0.6 is 0 Å². The van der Waals surface area contributed by atoms with E-state index in [4.69, 9.17) is 10.5 Å². The molecule has 0 spiro atoms. The molecule has 0 aliphatic heterocycles. The van der Waals surface area contributed by atoms with Crippen LogP contribution in [0.25, 0.3) is 0 Å². The van der Waals surface area contributed by atoms with E-state index >= 15 is 0 Å². The number of nitrogens with one attached hydrogen (secondary N) is 1. The molecule has 21 heavy (non-hydrogen) atoms. The van der Waals surface area contributed by atoms with Crippen LogP contribution in [-0.4, -0.2) is 25.1 Å². The van der Waals surface area contributed by atoms with Crippen molar-refractivity contribution >= 4 is 5.91 Å². The van der Waals surface area contributed by atoms with Gasteiger partial charge in [0.25, 0.3) is 0 Å². The van der Waals surface area contributed by atoms with Crippen molar-refractivity contribution in [2.75, 3.05) is 13.2 Å². The summed E-state index contributed by atoms with van der Waals surface area (Å²) in [6.07, 6.45) is 1.25. The third kappa shape index (κ3) is 6.17. The van der Waals surface area contributed by atoms with Gasteiger partial charge in [-0.1, -0.05) is 26.0 Å². The Labute approximate surface area is 128 Å². The van der Waals surface area contributed by atoms with Crippen molar-refractivity contribution < 1.29 is 9.53 Å². The summed E-state index contributed by atoms with van der Waals surface area (Å²) in [6, 6.07) is 6.00. The van der Waals surface area contributed by atoms with Crippen molar-refractivity contribution in [3.05, 3.63) is 29.3 Å². The first-order valence-corrected chi connectivity index (χ1v) is 7.62. The Balaban J connectivity index is 2.38. The summed E-state index contributed by atoms with van der Waals surface area (Å²) in [5, 5.41) is 2.97. The molecular weight excluding hydrogens is 264 g/mol. The first-order chi connectivity index (χ1) is 9.93. The smallest absolute Gasteiger partial charge is 0.223 e. The number of carbonyl (C=O) groups is 1. The van der Waals surface area contributed by atoms with Crippen LogP contribution in [0.1, 0.15) is 37.8 Å². The van der Waals surface area contributed by atoms with E-state index in [1.54, 1.807) is 0 Å². The zero-order chi connectivity index (χ0) is 15.8. The van der Waals surface area contributed by atoms with Crippen molar-refractivity contribution in [2.24, 2.45) is 11.7 Å². The van der Waals surface area contributed by atoms with Gasteiger partial charge in [-0.05, 0) is 43.4 Å². The summed E-state index contributed by atoms with van der Waals surface area (Å²) in [7, 11) is 0. The Bertz CT molecular complexity index is 458. The summed E-state index contributed by atoms with van der Waals surface area (Å²) in [5.41, 5.74) is 7.99. The minimum atomic E-state index is -0.00333. The molecule has 1 atom stereocenters.